The number of aliphatic hydroxyl groups excluding tert-OH is 2. The van der Waals surface area contributed by atoms with Gasteiger partial charge in [-0.05, 0) is 196 Å². The molecular formula is C54H74O8. The Balaban J connectivity index is 0.842. The molecule has 4 N–H and O–H groups in total. The van der Waals surface area contributed by atoms with Gasteiger partial charge in [0.25, 0.3) is 0 Å². The largest absolute Gasteiger partial charge is 0.491 e. The number of hydrogen-bond acceptors (Lipinski definition) is 7. The molecule has 62 heavy (non-hydrogen) atoms. The van der Waals surface area contributed by atoms with Crippen molar-refractivity contribution >= 4 is 11.8 Å². The zero-order valence-electron chi connectivity index (χ0n) is 38.4. The first-order valence-electron chi connectivity index (χ1n) is 24.6. The molecule has 0 saturated heterocycles. The fraction of sp³-hybridized carbons (Fsp3) is 0.741. The maximum absolute atomic E-state index is 12.5. The van der Waals surface area contributed by atoms with E-state index in [1.54, 1.807) is 0 Å². The van der Waals surface area contributed by atoms with Gasteiger partial charge in [-0.25, -0.2) is 0 Å². The van der Waals surface area contributed by atoms with Crippen LogP contribution in [0.4, 0.5) is 0 Å². The van der Waals surface area contributed by atoms with Gasteiger partial charge in [0.2, 0.25) is 0 Å². The number of benzene rings is 1. The SMILES string of the molecule is CC#C[C@@]1(O)CC[C@H]2[C@@H]3CCC4=CC(=O)CCC4=C3[C@@H](c3ccc(OCCO[C@H]4CC[C@@]5(C)C(C4)C[C@@H](O)[C@H]4[C@@H]6CC[C@H]([C@H](C)CCC(=O)O)[C@@]6(C)[C@@H](O)C[C@@H]45)c(C)c3)C[C@@]21C. The van der Waals surface area contributed by atoms with Gasteiger partial charge in [0, 0.05) is 24.2 Å². The van der Waals surface area contributed by atoms with Crippen LogP contribution in [0.3, 0.4) is 0 Å². The minimum absolute atomic E-state index is 0.0473. The van der Waals surface area contributed by atoms with Crippen LogP contribution in [-0.4, -0.2) is 69.3 Å². The second-order valence-corrected chi connectivity index (χ2v) is 22.4. The number of ketones is 1. The number of carboxylic acids is 1. The lowest BCUT2D eigenvalue weighted by molar-refractivity contribution is -0.209. The number of carbonyl (C=O) groups excluding carboxylic acids is 1. The third-order valence-electron chi connectivity index (χ3n) is 19.8. The Hall–Kier alpha value is -2.96. The molecule has 0 amide bonds. The van der Waals surface area contributed by atoms with Crippen molar-refractivity contribution in [3.63, 3.8) is 0 Å². The number of carboxylic acid groups (broad SMARTS) is 1. The van der Waals surface area contributed by atoms with E-state index < -0.39 is 23.8 Å². The van der Waals surface area contributed by atoms with Crippen molar-refractivity contribution in [1.29, 1.82) is 0 Å². The summed E-state index contributed by atoms with van der Waals surface area (Å²) in [5.41, 5.74) is 4.95. The maximum Gasteiger partial charge on any atom is 0.303 e. The molecule has 6 saturated carbocycles. The molecule has 9 rings (SSSR count). The maximum atomic E-state index is 12.5. The molecule has 1 aromatic carbocycles. The van der Waals surface area contributed by atoms with Crippen LogP contribution in [-0.2, 0) is 14.3 Å². The fourth-order valence-electron chi connectivity index (χ4n) is 16.6. The van der Waals surface area contributed by atoms with E-state index in [4.69, 9.17) is 9.47 Å². The van der Waals surface area contributed by atoms with E-state index >= 15 is 0 Å². The highest BCUT2D eigenvalue weighted by Gasteiger charge is 2.66. The molecule has 8 nitrogen and oxygen atoms in total. The van der Waals surface area contributed by atoms with Gasteiger partial charge in [0.05, 0.1) is 24.9 Å². The average Bonchev–Trinajstić information content (AvgIpc) is 3.72. The highest BCUT2D eigenvalue weighted by atomic mass is 16.5. The van der Waals surface area contributed by atoms with Crippen LogP contribution < -0.4 is 4.74 Å². The first kappa shape index (κ1) is 44.3. The summed E-state index contributed by atoms with van der Waals surface area (Å²) in [5, 5.41) is 45.3. The molecule has 0 radical (unpaired) electrons. The zero-order valence-corrected chi connectivity index (χ0v) is 38.4. The third kappa shape index (κ3) is 7.08. The molecule has 0 aromatic heterocycles. The Morgan fingerprint density at radius 3 is 2.52 bits per heavy atom. The van der Waals surface area contributed by atoms with Crippen molar-refractivity contribution in [2.45, 2.75) is 174 Å². The van der Waals surface area contributed by atoms with Crippen LogP contribution in [0.5, 0.6) is 5.75 Å². The van der Waals surface area contributed by atoms with E-state index in [9.17, 15) is 30.0 Å². The van der Waals surface area contributed by atoms with Gasteiger partial charge in [0.15, 0.2) is 5.78 Å². The number of ether oxygens (including phenoxy) is 2. The van der Waals surface area contributed by atoms with Gasteiger partial charge in [-0.3, -0.25) is 9.59 Å². The van der Waals surface area contributed by atoms with Gasteiger partial charge in [-0.2, -0.15) is 0 Å². The fourth-order valence-corrected chi connectivity index (χ4v) is 16.6. The summed E-state index contributed by atoms with van der Waals surface area (Å²) in [5.74, 6) is 9.15. The van der Waals surface area contributed by atoms with E-state index in [1.807, 2.05) is 13.0 Å². The zero-order chi connectivity index (χ0) is 43.9. The van der Waals surface area contributed by atoms with Crippen molar-refractivity contribution in [2.24, 2.45) is 63.6 Å². The predicted octanol–water partition coefficient (Wildman–Crippen LogP) is 9.51. The molecule has 8 heteroatoms. The molecule has 8 aliphatic carbocycles. The van der Waals surface area contributed by atoms with Crippen molar-refractivity contribution < 1.29 is 39.5 Å². The van der Waals surface area contributed by atoms with Gasteiger partial charge in [-0.15, -0.1) is 5.92 Å². The number of aryl methyl sites for hydroxylation is 1. The topological polar surface area (TPSA) is 134 Å². The number of allylic oxidation sites excluding steroid dienone is 4. The molecule has 1 unspecified atom stereocenters. The Bertz CT molecular complexity index is 2060. The number of aliphatic carboxylic acids is 1. The van der Waals surface area contributed by atoms with Crippen LogP contribution in [0.2, 0.25) is 0 Å². The normalized spacial score (nSPS) is 43.7. The van der Waals surface area contributed by atoms with Crippen molar-refractivity contribution in [2.75, 3.05) is 13.2 Å². The average molecular weight is 851 g/mol. The Kier molecular flexibility index (Phi) is 11.8. The second-order valence-electron chi connectivity index (χ2n) is 22.4. The van der Waals surface area contributed by atoms with Crippen LogP contribution >= 0.6 is 0 Å². The van der Waals surface area contributed by atoms with Gasteiger partial charge in [-0.1, -0.05) is 51.3 Å². The van der Waals surface area contributed by atoms with E-state index in [0.717, 1.165) is 88.4 Å². The molecule has 338 valence electrons. The summed E-state index contributed by atoms with van der Waals surface area (Å²) < 4.78 is 13.0. The molecule has 0 bridgehead atoms. The van der Waals surface area contributed by atoms with Gasteiger partial charge < -0.3 is 29.9 Å². The smallest absolute Gasteiger partial charge is 0.303 e. The quantitative estimate of drug-likeness (QED) is 0.135. The van der Waals surface area contributed by atoms with Crippen LogP contribution in [0, 0.1) is 82.4 Å². The number of rotatable bonds is 10. The number of fused-ring (bicyclic) bond motifs is 9. The first-order chi connectivity index (χ1) is 29.5. The minimum atomic E-state index is -1.00. The molecule has 0 aliphatic heterocycles. The molecule has 1 aromatic rings. The second kappa shape index (κ2) is 16.5. The summed E-state index contributed by atoms with van der Waals surface area (Å²) in [7, 11) is 0. The molecule has 8 aliphatic rings. The van der Waals surface area contributed by atoms with Crippen LogP contribution in [0.15, 0.2) is 41.0 Å². The monoisotopic (exact) mass is 851 g/mol. The summed E-state index contributed by atoms with van der Waals surface area (Å²) in [6, 6.07) is 6.64. The highest BCUT2D eigenvalue weighted by Crippen LogP contribution is 2.69. The first-order valence-corrected chi connectivity index (χ1v) is 24.6. The lowest BCUT2D eigenvalue weighted by Gasteiger charge is -2.63. The highest BCUT2D eigenvalue weighted by molar-refractivity contribution is 5.93. The number of aliphatic hydroxyl groups is 3. The number of carbonyl (C=O) groups is 2. The summed E-state index contributed by atoms with van der Waals surface area (Å²) in [4.78, 5) is 23.9. The van der Waals surface area contributed by atoms with Crippen LogP contribution in [0.25, 0.3) is 0 Å². The van der Waals surface area contributed by atoms with Crippen molar-refractivity contribution in [3.8, 4) is 17.6 Å². The van der Waals surface area contributed by atoms with E-state index in [2.05, 4.69) is 64.7 Å². The summed E-state index contributed by atoms with van der Waals surface area (Å²) >= 11 is 0. The van der Waals surface area contributed by atoms with Crippen LogP contribution in [0.1, 0.15) is 154 Å². The Labute approximate surface area is 370 Å². The van der Waals surface area contributed by atoms with Gasteiger partial charge >= 0.3 is 5.97 Å². The molecular weight excluding hydrogens is 777 g/mol. The van der Waals surface area contributed by atoms with Gasteiger partial charge in [0.1, 0.15) is 18.0 Å². The molecule has 16 atom stereocenters. The van der Waals surface area contributed by atoms with E-state index in [1.165, 1.54) is 22.3 Å². The standard InChI is InChI=1S/C54H74O8/c1-7-20-54(60)22-19-42-39-12-9-34-26-36(55)11-13-38(34)49(39)40(30-52(42,54)5)33-10-16-46(32(3)25-33)62-24-23-61-37-18-21-51(4)35(27-37)28-45(56)50-43-15-14-41(31(2)8-17-48(58)59)53(43,6)47(57)29-44(50)51/h10,16,25-26,31,35,37,39-45,47,50,56-57,60H,8-9,11-15,17-19,21-24,27-30H2,1-6H3,(H,58,59)/t31-,35?,37+,39+,40-,41-,42+,43+,44+,45-,47+,50+,51+,52+,53-,54-/m1/s1. The van der Waals surface area contributed by atoms with Crippen molar-refractivity contribution in [3.05, 3.63) is 52.1 Å². The predicted molar refractivity (Wildman–Crippen MR) is 239 cm³/mol. The van der Waals surface area contributed by atoms with Crippen molar-refractivity contribution in [1.82, 2.24) is 0 Å². The lowest BCUT2D eigenvalue weighted by atomic mass is 9.43. The molecule has 0 spiro atoms. The summed E-state index contributed by atoms with van der Waals surface area (Å²) in [6.45, 7) is 14.1. The Morgan fingerprint density at radius 1 is 0.952 bits per heavy atom. The third-order valence-corrected chi connectivity index (χ3v) is 19.8. The lowest BCUT2D eigenvalue weighted by Crippen LogP contribution is -2.62. The summed E-state index contributed by atoms with van der Waals surface area (Å²) in [6.07, 6.45) is 14.3. The minimum Gasteiger partial charge on any atom is -0.491 e. The Morgan fingerprint density at radius 2 is 1.76 bits per heavy atom. The van der Waals surface area contributed by atoms with E-state index in [-0.39, 0.29) is 70.1 Å². The molecule has 0 heterocycles. The van der Waals surface area contributed by atoms with E-state index in [0.29, 0.717) is 50.2 Å². The molecule has 6 fully saturated rings. The number of hydrogen-bond donors (Lipinski definition) is 4.